The smallest absolute Gasteiger partial charge is 0.133 e. The van der Waals surface area contributed by atoms with Crippen molar-refractivity contribution in [1.29, 1.82) is 0 Å². The number of hydrogen-bond donors (Lipinski definition) is 1. The van der Waals surface area contributed by atoms with Crippen molar-refractivity contribution in [1.82, 2.24) is 5.32 Å². The Bertz CT molecular complexity index is 634. The molecule has 0 aromatic heterocycles. The van der Waals surface area contributed by atoms with Gasteiger partial charge in [0.25, 0.3) is 0 Å². The van der Waals surface area contributed by atoms with Gasteiger partial charge >= 0.3 is 0 Å². The summed E-state index contributed by atoms with van der Waals surface area (Å²) in [5, 5.41) is 4.04. The van der Waals surface area contributed by atoms with Crippen LogP contribution in [0.1, 0.15) is 24.1 Å². The van der Waals surface area contributed by atoms with Crippen molar-refractivity contribution >= 4 is 43.5 Å². The van der Waals surface area contributed by atoms with Gasteiger partial charge in [-0.2, -0.15) is 0 Å². The zero-order valence-corrected chi connectivity index (χ0v) is 15.7. The van der Waals surface area contributed by atoms with Crippen molar-refractivity contribution in [2.75, 3.05) is 13.7 Å². The highest BCUT2D eigenvalue weighted by atomic mass is 79.9. The second kappa shape index (κ2) is 7.63. The first kappa shape index (κ1) is 16.8. The van der Waals surface area contributed by atoms with Gasteiger partial charge in [0.1, 0.15) is 5.75 Å². The Morgan fingerprint density at radius 2 is 1.95 bits per heavy atom. The molecule has 0 radical (unpaired) electrons. The fourth-order valence-electron chi connectivity index (χ4n) is 2.21. The molecule has 1 atom stereocenters. The minimum Gasteiger partial charge on any atom is -0.493 e. The summed E-state index contributed by atoms with van der Waals surface area (Å²) in [5.74, 6) is 0.845. The van der Waals surface area contributed by atoms with E-state index < -0.39 is 0 Å². The van der Waals surface area contributed by atoms with Gasteiger partial charge in [-0.3, -0.25) is 0 Å². The van der Waals surface area contributed by atoms with E-state index in [2.05, 4.69) is 49.3 Å². The summed E-state index contributed by atoms with van der Waals surface area (Å²) < 4.78 is 7.46. The lowest BCUT2D eigenvalue weighted by atomic mass is 9.99. The molecule has 21 heavy (non-hydrogen) atoms. The van der Waals surface area contributed by atoms with E-state index in [1.54, 1.807) is 0 Å². The summed E-state index contributed by atoms with van der Waals surface area (Å²) >= 11 is 13.4. The highest BCUT2D eigenvalue weighted by Crippen LogP contribution is 2.34. The van der Waals surface area contributed by atoms with E-state index in [1.165, 1.54) is 0 Å². The normalized spacial score (nSPS) is 12.2. The monoisotopic (exact) mass is 431 g/mol. The topological polar surface area (TPSA) is 21.3 Å². The van der Waals surface area contributed by atoms with E-state index in [-0.39, 0.29) is 6.04 Å². The van der Waals surface area contributed by atoms with Gasteiger partial charge in [0.15, 0.2) is 0 Å². The van der Waals surface area contributed by atoms with Gasteiger partial charge in [-0.15, -0.1) is 0 Å². The summed E-state index contributed by atoms with van der Waals surface area (Å²) in [5.41, 5.74) is 2.16. The van der Waals surface area contributed by atoms with Gasteiger partial charge in [0, 0.05) is 9.50 Å². The third kappa shape index (κ3) is 4.01. The van der Waals surface area contributed by atoms with Crippen molar-refractivity contribution in [3.8, 4) is 5.75 Å². The Labute approximate surface area is 147 Å². The number of hydrogen-bond acceptors (Lipinski definition) is 2. The quantitative estimate of drug-likeness (QED) is 0.665. The molecule has 0 saturated heterocycles. The molecule has 2 nitrogen and oxygen atoms in total. The molecule has 2 aromatic rings. The Kier molecular flexibility index (Phi) is 6.11. The van der Waals surface area contributed by atoms with Gasteiger partial charge in [-0.25, -0.2) is 0 Å². The maximum atomic E-state index is 6.37. The fraction of sp³-hybridized carbons (Fsp3) is 0.250. The highest BCUT2D eigenvalue weighted by Gasteiger charge is 2.16. The van der Waals surface area contributed by atoms with Gasteiger partial charge in [-0.1, -0.05) is 39.7 Å². The minimum absolute atomic E-state index is 0.0255. The molecule has 112 valence electrons. The molecule has 0 aliphatic heterocycles. The summed E-state index contributed by atoms with van der Waals surface area (Å²) in [4.78, 5) is 0. The summed E-state index contributed by atoms with van der Waals surface area (Å²) in [6, 6.07) is 12.0. The van der Waals surface area contributed by atoms with E-state index in [1.807, 2.05) is 38.2 Å². The lowest BCUT2D eigenvalue weighted by Crippen LogP contribution is -2.18. The zero-order valence-electron chi connectivity index (χ0n) is 11.8. The molecular formula is C16H16Br2ClNO. The predicted octanol–water partition coefficient (Wildman–Crippen LogP) is 5.57. The molecule has 0 saturated carbocycles. The van der Waals surface area contributed by atoms with Crippen LogP contribution in [0.4, 0.5) is 0 Å². The van der Waals surface area contributed by atoms with Crippen molar-refractivity contribution in [3.05, 3.63) is 61.5 Å². The van der Waals surface area contributed by atoms with E-state index >= 15 is 0 Å². The standard InChI is InChI=1S/C16H16Br2ClNO/c1-3-21-15-7-4-10(8-13(15)18)16(20-2)12-6-5-11(17)9-14(12)19/h4-9,16,20H,3H2,1-2H3. The molecule has 0 amide bonds. The number of ether oxygens (including phenoxy) is 1. The Balaban J connectivity index is 2.39. The first-order chi connectivity index (χ1) is 10.1. The van der Waals surface area contributed by atoms with E-state index in [0.29, 0.717) is 6.61 Å². The van der Waals surface area contributed by atoms with Crippen LogP contribution in [-0.4, -0.2) is 13.7 Å². The van der Waals surface area contributed by atoms with Crippen LogP contribution in [-0.2, 0) is 0 Å². The lowest BCUT2D eigenvalue weighted by Gasteiger charge is -2.20. The van der Waals surface area contributed by atoms with Crippen LogP contribution >= 0.6 is 43.5 Å². The van der Waals surface area contributed by atoms with Crippen molar-refractivity contribution in [3.63, 3.8) is 0 Å². The van der Waals surface area contributed by atoms with Crippen molar-refractivity contribution < 1.29 is 4.74 Å². The summed E-state index contributed by atoms with van der Waals surface area (Å²) in [6.07, 6.45) is 0. The van der Waals surface area contributed by atoms with Gasteiger partial charge < -0.3 is 10.1 Å². The molecule has 0 aliphatic carbocycles. The molecule has 0 heterocycles. The van der Waals surface area contributed by atoms with E-state index in [0.717, 1.165) is 30.8 Å². The van der Waals surface area contributed by atoms with Crippen LogP contribution in [0.15, 0.2) is 45.3 Å². The largest absolute Gasteiger partial charge is 0.493 e. The van der Waals surface area contributed by atoms with Gasteiger partial charge in [0.05, 0.1) is 17.1 Å². The molecule has 0 fully saturated rings. The zero-order chi connectivity index (χ0) is 15.4. The number of nitrogens with one attached hydrogen (secondary N) is 1. The molecule has 0 bridgehead atoms. The molecule has 1 unspecified atom stereocenters. The number of rotatable bonds is 5. The highest BCUT2D eigenvalue weighted by molar-refractivity contribution is 9.10. The first-order valence-corrected chi connectivity index (χ1v) is 8.57. The van der Waals surface area contributed by atoms with Crippen LogP contribution in [0, 0.1) is 0 Å². The third-order valence-corrected chi connectivity index (χ3v) is 4.59. The average Bonchev–Trinajstić information content (AvgIpc) is 2.45. The van der Waals surface area contributed by atoms with Gasteiger partial charge in [-0.05, 0) is 65.3 Å². The van der Waals surface area contributed by atoms with Crippen LogP contribution < -0.4 is 10.1 Å². The maximum Gasteiger partial charge on any atom is 0.133 e. The fourth-order valence-corrected chi connectivity index (χ4v) is 3.50. The maximum absolute atomic E-state index is 6.37. The van der Waals surface area contributed by atoms with E-state index in [4.69, 9.17) is 16.3 Å². The van der Waals surface area contributed by atoms with E-state index in [9.17, 15) is 0 Å². The Morgan fingerprint density at radius 1 is 1.19 bits per heavy atom. The van der Waals surface area contributed by atoms with Crippen molar-refractivity contribution in [2.24, 2.45) is 0 Å². The van der Waals surface area contributed by atoms with Crippen LogP contribution in [0.3, 0.4) is 0 Å². The molecule has 0 aliphatic rings. The SMILES string of the molecule is CCOc1ccc(C(NC)c2ccc(Br)cc2Cl)cc1Br. The number of benzene rings is 2. The predicted molar refractivity (Wildman–Crippen MR) is 95.4 cm³/mol. The third-order valence-electron chi connectivity index (χ3n) is 3.15. The average molecular weight is 434 g/mol. The minimum atomic E-state index is 0.0255. The first-order valence-electron chi connectivity index (χ1n) is 6.61. The summed E-state index contributed by atoms with van der Waals surface area (Å²) in [6.45, 7) is 2.62. The summed E-state index contributed by atoms with van der Waals surface area (Å²) in [7, 11) is 1.92. The van der Waals surface area contributed by atoms with Gasteiger partial charge in [0.2, 0.25) is 0 Å². The van der Waals surface area contributed by atoms with Crippen molar-refractivity contribution in [2.45, 2.75) is 13.0 Å². The Morgan fingerprint density at radius 3 is 2.52 bits per heavy atom. The molecular weight excluding hydrogens is 417 g/mol. The lowest BCUT2D eigenvalue weighted by molar-refractivity contribution is 0.338. The molecule has 0 spiro atoms. The molecule has 2 rings (SSSR count). The Hall–Kier alpha value is -0.550. The second-order valence-corrected chi connectivity index (χ2v) is 6.69. The molecule has 2 aromatic carbocycles. The second-order valence-electron chi connectivity index (χ2n) is 4.51. The molecule has 5 heteroatoms. The van der Waals surface area contributed by atoms with Crippen LogP contribution in [0.5, 0.6) is 5.75 Å². The van der Waals surface area contributed by atoms with Crippen LogP contribution in [0.2, 0.25) is 5.02 Å². The number of halogens is 3. The van der Waals surface area contributed by atoms with Crippen LogP contribution in [0.25, 0.3) is 0 Å². The molecule has 1 N–H and O–H groups in total.